The summed E-state index contributed by atoms with van der Waals surface area (Å²) in [6.07, 6.45) is 4.89. The van der Waals surface area contributed by atoms with Crippen LogP contribution in [0.25, 0.3) is 0 Å². The Balaban J connectivity index is 2.02. The molecule has 0 aliphatic carbocycles. The quantitative estimate of drug-likeness (QED) is 0.836. The van der Waals surface area contributed by atoms with Crippen LogP contribution in [0.4, 0.5) is 0 Å². The minimum Gasteiger partial charge on any atom is -0.493 e. The smallest absolute Gasteiger partial charge is 0.122 e. The number of rotatable bonds is 6. The molecule has 3 heteroatoms. The van der Waals surface area contributed by atoms with Gasteiger partial charge in [0.2, 0.25) is 0 Å². The van der Waals surface area contributed by atoms with Crippen LogP contribution in [0.3, 0.4) is 0 Å². The first-order valence-electron chi connectivity index (χ1n) is 6.73. The molecular weight excluding hydrogens is 236 g/mol. The number of benzene rings is 1. The number of hydrogen-bond acceptors (Lipinski definition) is 2. The van der Waals surface area contributed by atoms with Crippen LogP contribution in [0.1, 0.15) is 29.0 Å². The lowest BCUT2D eigenvalue weighted by Gasteiger charge is -2.17. The van der Waals surface area contributed by atoms with E-state index in [0.717, 1.165) is 12.2 Å². The fourth-order valence-electron chi connectivity index (χ4n) is 2.29. The Kier molecular flexibility index (Phi) is 4.63. The molecule has 2 rings (SSSR count). The number of ether oxygens (including phenoxy) is 1. The van der Waals surface area contributed by atoms with Gasteiger partial charge >= 0.3 is 0 Å². The van der Waals surface area contributed by atoms with E-state index in [0.29, 0.717) is 19.1 Å². The van der Waals surface area contributed by atoms with Gasteiger partial charge in [0.05, 0.1) is 6.61 Å². The average Bonchev–Trinajstić information content (AvgIpc) is 2.90. The SMILES string of the molecule is Cc1ccc(OCC(CCN)c2cc[nH]c2)c(C)c1. The molecular formula is C16H22N2O. The van der Waals surface area contributed by atoms with Gasteiger partial charge in [-0.1, -0.05) is 17.7 Å². The molecule has 0 fully saturated rings. The fraction of sp³-hybridized carbons (Fsp3) is 0.375. The minimum atomic E-state index is 0.344. The highest BCUT2D eigenvalue weighted by Crippen LogP contribution is 2.23. The van der Waals surface area contributed by atoms with Crippen LogP contribution in [0.15, 0.2) is 36.7 Å². The third-order valence-corrected chi connectivity index (χ3v) is 3.38. The van der Waals surface area contributed by atoms with Gasteiger partial charge in [0.15, 0.2) is 0 Å². The molecule has 102 valence electrons. The van der Waals surface area contributed by atoms with Crippen molar-refractivity contribution < 1.29 is 4.74 Å². The van der Waals surface area contributed by atoms with E-state index in [1.165, 1.54) is 16.7 Å². The lowest BCUT2D eigenvalue weighted by Crippen LogP contribution is -2.14. The summed E-state index contributed by atoms with van der Waals surface area (Å²) < 4.78 is 5.96. The summed E-state index contributed by atoms with van der Waals surface area (Å²) in [4.78, 5) is 3.09. The van der Waals surface area contributed by atoms with Crippen molar-refractivity contribution >= 4 is 0 Å². The van der Waals surface area contributed by atoms with Crippen LogP contribution in [-0.2, 0) is 0 Å². The molecule has 3 nitrogen and oxygen atoms in total. The fourth-order valence-corrected chi connectivity index (χ4v) is 2.29. The molecule has 2 aromatic rings. The van der Waals surface area contributed by atoms with E-state index in [2.05, 4.69) is 37.0 Å². The van der Waals surface area contributed by atoms with E-state index in [4.69, 9.17) is 10.5 Å². The topological polar surface area (TPSA) is 51.0 Å². The summed E-state index contributed by atoms with van der Waals surface area (Å²) in [6, 6.07) is 8.35. The average molecular weight is 258 g/mol. The summed E-state index contributed by atoms with van der Waals surface area (Å²) >= 11 is 0. The molecule has 0 spiro atoms. The number of nitrogens with one attached hydrogen (secondary N) is 1. The van der Waals surface area contributed by atoms with Gasteiger partial charge in [-0.15, -0.1) is 0 Å². The third-order valence-electron chi connectivity index (χ3n) is 3.38. The summed E-state index contributed by atoms with van der Waals surface area (Å²) in [5.74, 6) is 1.31. The van der Waals surface area contributed by atoms with Crippen molar-refractivity contribution in [3.63, 3.8) is 0 Å². The number of aryl methyl sites for hydroxylation is 2. The molecule has 0 saturated carbocycles. The zero-order valence-electron chi connectivity index (χ0n) is 11.6. The molecule has 0 bridgehead atoms. The van der Waals surface area contributed by atoms with Crippen molar-refractivity contribution in [1.29, 1.82) is 0 Å². The maximum atomic E-state index is 5.96. The standard InChI is InChI=1S/C16H22N2O/c1-12-3-4-16(13(2)9-12)19-11-15(5-7-17)14-6-8-18-10-14/h3-4,6,8-10,15,18H,5,7,11,17H2,1-2H3. The van der Waals surface area contributed by atoms with Crippen LogP contribution in [-0.4, -0.2) is 18.1 Å². The second-order valence-corrected chi connectivity index (χ2v) is 5.00. The molecule has 0 aliphatic heterocycles. The van der Waals surface area contributed by atoms with E-state index < -0.39 is 0 Å². The molecule has 0 aliphatic rings. The molecule has 0 radical (unpaired) electrons. The highest BCUT2D eigenvalue weighted by molar-refractivity contribution is 5.35. The molecule has 19 heavy (non-hydrogen) atoms. The van der Waals surface area contributed by atoms with Gasteiger partial charge in [0.1, 0.15) is 5.75 Å². The van der Waals surface area contributed by atoms with Crippen LogP contribution < -0.4 is 10.5 Å². The summed E-state index contributed by atoms with van der Waals surface area (Å²) in [5.41, 5.74) is 9.39. The maximum Gasteiger partial charge on any atom is 0.122 e. The molecule has 3 N–H and O–H groups in total. The minimum absolute atomic E-state index is 0.344. The maximum absolute atomic E-state index is 5.96. The predicted octanol–water partition coefficient (Wildman–Crippen LogP) is 3.14. The Bertz CT molecular complexity index is 505. The van der Waals surface area contributed by atoms with Crippen molar-refractivity contribution in [3.05, 3.63) is 53.3 Å². The number of aromatic amines is 1. The highest BCUT2D eigenvalue weighted by atomic mass is 16.5. The Hall–Kier alpha value is -1.74. The Labute approximate surface area is 114 Å². The lowest BCUT2D eigenvalue weighted by molar-refractivity contribution is 0.281. The van der Waals surface area contributed by atoms with E-state index >= 15 is 0 Å². The molecule has 1 aromatic heterocycles. The van der Waals surface area contributed by atoms with Gasteiger partial charge in [-0.2, -0.15) is 0 Å². The Morgan fingerprint density at radius 2 is 2.11 bits per heavy atom. The summed E-state index contributed by atoms with van der Waals surface area (Å²) in [7, 11) is 0. The first kappa shape index (κ1) is 13.7. The Morgan fingerprint density at radius 1 is 1.26 bits per heavy atom. The zero-order chi connectivity index (χ0) is 13.7. The van der Waals surface area contributed by atoms with Crippen molar-refractivity contribution in [1.82, 2.24) is 4.98 Å². The van der Waals surface area contributed by atoms with Gasteiger partial charge in [0, 0.05) is 18.3 Å². The largest absolute Gasteiger partial charge is 0.493 e. The van der Waals surface area contributed by atoms with Gasteiger partial charge in [-0.3, -0.25) is 0 Å². The number of nitrogens with two attached hydrogens (primary N) is 1. The van der Waals surface area contributed by atoms with Crippen molar-refractivity contribution in [2.24, 2.45) is 5.73 Å². The lowest BCUT2D eigenvalue weighted by atomic mass is 9.99. The molecule has 1 unspecified atom stereocenters. The first-order valence-corrected chi connectivity index (χ1v) is 6.73. The summed E-state index contributed by atoms with van der Waals surface area (Å²) in [5, 5.41) is 0. The van der Waals surface area contributed by atoms with Gasteiger partial charge in [-0.25, -0.2) is 0 Å². The Morgan fingerprint density at radius 3 is 2.74 bits per heavy atom. The first-order chi connectivity index (χ1) is 9.20. The predicted molar refractivity (Wildman–Crippen MR) is 78.6 cm³/mol. The number of aromatic nitrogens is 1. The van der Waals surface area contributed by atoms with Gasteiger partial charge < -0.3 is 15.5 Å². The van der Waals surface area contributed by atoms with Gasteiger partial charge in [0.25, 0.3) is 0 Å². The third kappa shape index (κ3) is 3.61. The molecule has 0 saturated heterocycles. The van der Waals surface area contributed by atoms with Crippen LogP contribution in [0, 0.1) is 13.8 Å². The van der Waals surface area contributed by atoms with Crippen molar-refractivity contribution in [3.8, 4) is 5.75 Å². The van der Waals surface area contributed by atoms with Crippen molar-refractivity contribution in [2.75, 3.05) is 13.2 Å². The number of H-pyrrole nitrogens is 1. The monoisotopic (exact) mass is 258 g/mol. The van der Waals surface area contributed by atoms with Crippen LogP contribution in [0.5, 0.6) is 5.75 Å². The van der Waals surface area contributed by atoms with Crippen LogP contribution >= 0.6 is 0 Å². The van der Waals surface area contributed by atoms with Crippen molar-refractivity contribution in [2.45, 2.75) is 26.2 Å². The van der Waals surface area contributed by atoms with Crippen LogP contribution in [0.2, 0.25) is 0 Å². The second kappa shape index (κ2) is 6.43. The van der Waals surface area contributed by atoms with E-state index in [9.17, 15) is 0 Å². The molecule has 1 aromatic carbocycles. The normalized spacial score (nSPS) is 12.4. The van der Waals surface area contributed by atoms with E-state index in [1.54, 1.807) is 0 Å². The number of hydrogen-bond donors (Lipinski definition) is 2. The molecule has 0 amide bonds. The second-order valence-electron chi connectivity index (χ2n) is 5.00. The zero-order valence-corrected chi connectivity index (χ0v) is 11.6. The highest BCUT2D eigenvalue weighted by Gasteiger charge is 2.12. The van der Waals surface area contributed by atoms with E-state index in [-0.39, 0.29) is 0 Å². The van der Waals surface area contributed by atoms with Gasteiger partial charge in [-0.05, 0) is 50.1 Å². The van der Waals surface area contributed by atoms with E-state index in [1.807, 2.05) is 18.5 Å². The molecule has 1 atom stereocenters. The summed E-state index contributed by atoms with van der Waals surface area (Å²) in [6.45, 7) is 5.51. The molecule has 1 heterocycles.